The summed E-state index contributed by atoms with van der Waals surface area (Å²) in [5.74, 6) is -0.542. The SMILES string of the molecule is CC(NCCn1cnc2c1c(=O)n(C)c(=O)n2C)C(O)c1ccccc1.Cn1c(=O)c2c(ncn2CCNCC(O)c2ccc(O)c(O)c2)n(C)c1=O. The largest absolute Gasteiger partial charge is 0.504 e. The molecule has 0 fully saturated rings. The molecule has 0 saturated heterocycles. The summed E-state index contributed by atoms with van der Waals surface area (Å²) < 4.78 is 8.18. The molecule has 0 amide bonds. The number of fused-ring (bicyclic) bond motifs is 2. The predicted molar refractivity (Wildman–Crippen MR) is 197 cm³/mol. The highest BCUT2D eigenvalue weighted by Crippen LogP contribution is 2.27. The normalized spacial score (nSPS) is 13.2. The van der Waals surface area contributed by atoms with Crippen molar-refractivity contribution in [3.05, 3.63) is 114 Å². The molecule has 6 N–H and O–H groups in total. The van der Waals surface area contributed by atoms with Gasteiger partial charge in [0.05, 0.1) is 24.9 Å². The van der Waals surface area contributed by atoms with Crippen LogP contribution in [0, 0.1) is 0 Å². The maximum absolute atomic E-state index is 12.4. The highest BCUT2D eigenvalue weighted by Gasteiger charge is 2.18. The molecule has 0 aliphatic heterocycles. The minimum absolute atomic E-state index is 0.153. The fourth-order valence-electron chi connectivity index (χ4n) is 5.90. The molecule has 2 aromatic carbocycles. The van der Waals surface area contributed by atoms with E-state index in [1.165, 1.54) is 47.8 Å². The molecule has 3 atom stereocenters. The van der Waals surface area contributed by atoms with Gasteiger partial charge in [0.15, 0.2) is 33.8 Å². The molecule has 4 heterocycles. The minimum atomic E-state index is -0.871. The number of aromatic nitrogens is 8. The number of imidazole rings is 2. The molecular weight excluding hydrogens is 688 g/mol. The Morgan fingerprint density at radius 1 is 0.679 bits per heavy atom. The van der Waals surface area contributed by atoms with E-state index in [-0.39, 0.29) is 29.6 Å². The van der Waals surface area contributed by atoms with Gasteiger partial charge in [0, 0.05) is 67.0 Å². The van der Waals surface area contributed by atoms with Crippen molar-refractivity contribution in [2.24, 2.45) is 28.2 Å². The molecule has 0 aliphatic rings. The van der Waals surface area contributed by atoms with Gasteiger partial charge in [0.25, 0.3) is 11.1 Å². The van der Waals surface area contributed by atoms with Crippen LogP contribution < -0.4 is 33.1 Å². The Kier molecular flexibility index (Phi) is 11.8. The first kappa shape index (κ1) is 38.4. The van der Waals surface area contributed by atoms with Gasteiger partial charge < -0.3 is 40.2 Å². The Hall–Kier alpha value is -5.82. The van der Waals surface area contributed by atoms with Crippen LogP contribution in [0.1, 0.15) is 30.3 Å². The summed E-state index contributed by atoms with van der Waals surface area (Å²) in [6.07, 6.45) is 1.57. The Balaban J connectivity index is 0.000000204. The van der Waals surface area contributed by atoms with Crippen LogP contribution in [0.2, 0.25) is 0 Å². The molecule has 0 bridgehead atoms. The summed E-state index contributed by atoms with van der Waals surface area (Å²) >= 11 is 0. The second-order valence-electron chi connectivity index (χ2n) is 12.7. The van der Waals surface area contributed by atoms with Gasteiger partial charge in [-0.2, -0.15) is 0 Å². The monoisotopic (exact) mass is 732 g/mol. The maximum Gasteiger partial charge on any atom is 0.332 e. The fraction of sp³-hybridized carbons (Fsp3) is 0.371. The van der Waals surface area contributed by atoms with Crippen LogP contribution in [0.4, 0.5) is 0 Å². The van der Waals surface area contributed by atoms with E-state index in [0.717, 1.165) is 14.7 Å². The van der Waals surface area contributed by atoms with E-state index < -0.39 is 29.1 Å². The zero-order valence-electron chi connectivity index (χ0n) is 30.0. The van der Waals surface area contributed by atoms with Gasteiger partial charge in [0.2, 0.25) is 0 Å². The van der Waals surface area contributed by atoms with Crippen molar-refractivity contribution < 1.29 is 20.4 Å². The first-order chi connectivity index (χ1) is 25.2. The van der Waals surface area contributed by atoms with Crippen LogP contribution >= 0.6 is 0 Å². The number of aromatic hydroxyl groups is 2. The van der Waals surface area contributed by atoms with E-state index in [4.69, 9.17) is 0 Å². The molecule has 4 aromatic heterocycles. The van der Waals surface area contributed by atoms with E-state index in [9.17, 15) is 39.6 Å². The average molecular weight is 733 g/mol. The molecular formula is C35H44N10O8. The number of phenols is 2. The second kappa shape index (κ2) is 16.2. The number of hydrogen-bond acceptors (Lipinski definition) is 12. The van der Waals surface area contributed by atoms with Crippen LogP contribution in [0.3, 0.4) is 0 Å². The van der Waals surface area contributed by atoms with Gasteiger partial charge in [-0.25, -0.2) is 19.6 Å². The van der Waals surface area contributed by atoms with Crippen LogP contribution in [0.15, 0.2) is 80.4 Å². The van der Waals surface area contributed by atoms with E-state index in [1.54, 1.807) is 29.6 Å². The summed E-state index contributed by atoms with van der Waals surface area (Å²) in [5, 5.41) is 45.7. The van der Waals surface area contributed by atoms with E-state index >= 15 is 0 Å². The smallest absolute Gasteiger partial charge is 0.332 e. The summed E-state index contributed by atoms with van der Waals surface area (Å²) in [6.45, 7) is 4.02. The number of aliphatic hydroxyl groups excluding tert-OH is 2. The highest BCUT2D eigenvalue weighted by molar-refractivity contribution is 5.70. The molecule has 18 heteroatoms. The summed E-state index contributed by atoms with van der Waals surface area (Å²) in [6, 6.07) is 13.4. The molecule has 0 aliphatic carbocycles. The Morgan fingerprint density at radius 3 is 1.74 bits per heavy atom. The first-order valence-electron chi connectivity index (χ1n) is 16.8. The van der Waals surface area contributed by atoms with Crippen molar-refractivity contribution in [1.82, 2.24) is 48.0 Å². The van der Waals surface area contributed by atoms with Gasteiger partial charge in [-0.15, -0.1) is 0 Å². The van der Waals surface area contributed by atoms with E-state index in [0.29, 0.717) is 54.1 Å². The number of aliphatic hydroxyl groups is 2. The van der Waals surface area contributed by atoms with Crippen molar-refractivity contribution in [1.29, 1.82) is 0 Å². The quantitative estimate of drug-likeness (QED) is 0.0679. The van der Waals surface area contributed by atoms with E-state index in [2.05, 4.69) is 20.6 Å². The topological polar surface area (TPSA) is 229 Å². The Morgan fingerprint density at radius 2 is 1.21 bits per heavy atom. The maximum atomic E-state index is 12.4. The first-order valence-corrected chi connectivity index (χ1v) is 16.8. The van der Waals surface area contributed by atoms with Gasteiger partial charge in [-0.3, -0.25) is 27.9 Å². The second-order valence-corrected chi connectivity index (χ2v) is 12.7. The molecule has 6 rings (SSSR count). The van der Waals surface area contributed by atoms with Gasteiger partial charge in [-0.05, 0) is 30.2 Å². The van der Waals surface area contributed by atoms with Crippen LogP contribution in [0.25, 0.3) is 22.3 Å². The zero-order valence-corrected chi connectivity index (χ0v) is 30.0. The van der Waals surface area contributed by atoms with Crippen LogP contribution in [0.5, 0.6) is 11.5 Å². The number of rotatable bonds is 12. The lowest BCUT2D eigenvalue weighted by Gasteiger charge is -2.20. The zero-order chi connectivity index (χ0) is 38.6. The predicted octanol–water partition coefficient (Wildman–Crippen LogP) is -0.686. The number of hydrogen-bond donors (Lipinski definition) is 6. The van der Waals surface area contributed by atoms with Crippen molar-refractivity contribution >= 4 is 22.3 Å². The molecule has 0 radical (unpaired) electrons. The lowest BCUT2D eigenvalue weighted by Crippen LogP contribution is -2.38. The molecule has 0 spiro atoms. The third-order valence-corrected chi connectivity index (χ3v) is 9.12. The molecule has 53 heavy (non-hydrogen) atoms. The summed E-state index contributed by atoms with van der Waals surface area (Å²) in [5.41, 5.74) is 1.14. The van der Waals surface area contributed by atoms with Crippen molar-refractivity contribution in [2.45, 2.75) is 38.3 Å². The molecule has 282 valence electrons. The summed E-state index contributed by atoms with van der Waals surface area (Å²) in [7, 11) is 6.03. The molecule has 0 saturated carbocycles. The lowest BCUT2D eigenvalue weighted by molar-refractivity contribution is 0.135. The van der Waals surface area contributed by atoms with E-state index in [1.807, 2.05) is 37.3 Å². The number of nitrogens with zero attached hydrogens (tertiary/aromatic N) is 8. The van der Waals surface area contributed by atoms with Crippen LogP contribution in [-0.4, -0.2) is 83.5 Å². The number of phenolic OH excluding ortho intramolecular Hbond substituents is 2. The third-order valence-electron chi connectivity index (χ3n) is 9.12. The van der Waals surface area contributed by atoms with Crippen LogP contribution in [-0.2, 0) is 41.3 Å². The Bertz CT molecular complexity index is 2460. The Labute approximate surface area is 302 Å². The average Bonchev–Trinajstić information content (AvgIpc) is 3.79. The van der Waals surface area contributed by atoms with Crippen molar-refractivity contribution in [3.63, 3.8) is 0 Å². The molecule has 18 nitrogen and oxygen atoms in total. The van der Waals surface area contributed by atoms with Crippen molar-refractivity contribution in [2.75, 3.05) is 19.6 Å². The fourth-order valence-corrected chi connectivity index (χ4v) is 5.90. The molecule has 6 aromatic rings. The lowest BCUT2D eigenvalue weighted by atomic mass is 10.0. The van der Waals surface area contributed by atoms with Gasteiger partial charge >= 0.3 is 11.4 Å². The number of nitrogens with one attached hydrogen (secondary N) is 2. The number of benzene rings is 2. The highest BCUT2D eigenvalue weighted by atomic mass is 16.3. The standard InChI is InChI=1S/C18H23N5O3.C17H21N5O5/c1-12(15(24)13-7-5-4-6-8-13)19-9-10-23-11-20-16-14(23)17(25)22(3)18(26)21(16)2;1-20-15-14(16(26)21(2)17(20)27)22(9-19-15)6-5-18-8-13(25)10-3-4-11(23)12(24)7-10/h4-8,11-12,15,19,24H,9-10H2,1-3H3;3-4,7,9,13,18,23-25H,5-6,8H2,1-2H3. The number of aryl methyl sites for hydroxylation is 2. The minimum Gasteiger partial charge on any atom is -0.504 e. The third kappa shape index (κ3) is 8.00. The van der Waals surface area contributed by atoms with Gasteiger partial charge in [-0.1, -0.05) is 36.4 Å². The summed E-state index contributed by atoms with van der Waals surface area (Å²) in [4.78, 5) is 57.0. The van der Waals surface area contributed by atoms with Crippen molar-refractivity contribution in [3.8, 4) is 11.5 Å². The molecule has 3 unspecified atom stereocenters. The van der Waals surface area contributed by atoms with Gasteiger partial charge in [0.1, 0.15) is 0 Å².